The largest absolute Gasteiger partial charge is 0.329 e. The highest BCUT2D eigenvalue weighted by Gasteiger charge is 2.14. The Morgan fingerprint density at radius 2 is 2.16 bits per heavy atom. The van der Waals surface area contributed by atoms with Gasteiger partial charge in [0.15, 0.2) is 0 Å². The van der Waals surface area contributed by atoms with Crippen LogP contribution < -0.4 is 0 Å². The first-order chi connectivity index (χ1) is 9.20. The van der Waals surface area contributed by atoms with Crippen molar-refractivity contribution < 1.29 is 4.79 Å². The summed E-state index contributed by atoms with van der Waals surface area (Å²) in [5.74, 6) is 0. The average molecular weight is 276 g/mol. The summed E-state index contributed by atoms with van der Waals surface area (Å²) < 4.78 is 1.44. The molecule has 19 heavy (non-hydrogen) atoms. The van der Waals surface area contributed by atoms with Crippen LogP contribution in [0.3, 0.4) is 0 Å². The van der Waals surface area contributed by atoms with Crippen LogP contribution in [0, 0.1) is 0 Å². The number of benzene rings is 1. The zero-order valence-electron chi connectivity index (χ0n) is 10.4. The zero-order chi connectivity index (χ0) is 13.7. The number of amides is 1. The molecule has 1 aromatic carbocycles. The van der Waals surface area contributed by atoms with Crippen LogP contribution in [0.25, 0.3) is 0 Å². The minimum atomic E-state index is -0.132. The summed E-state index contributed by atoms with van der Waals surface area (Å²) in [4.78, 5) is 17.8. The van der Waals surface area contributed by atoms with Gasteiger partial charge in [0.1, 0.15) is 6.33 Å². The van der Waals surface area contributed by atoms with Gasteiger partial charge in [-0.05, 0) is 17.7 Å². The van der Waals surface area contributed by atoms with Crippen molar-refractivity contribution in [3.63, 3.8) is 0 Å². The van der Waals surface area contributed by atoms with Crippen LogP contribution >= 0.6 is 11.6 Å². The highest BCUT2D eigenvalue weighted by atomic mass is 35.5. The second kappa shape index (κ2) is 6.20. The fraction of sp³-hybridized carbons (Fsp3) is 0.143. The van der Waals surface area contributed by atoms with Crippen molar-refractivity contribution in [2.75, 3.05) is 6.54 Å². The molecule has 0 aliphatic carbocycles. The van der Waals surface area contributed by atoms with Crippen molar-refractivity contribution >= 4 is 17.6 Å². The molecule has 0 spiro atoms. The molecule has 98 valence electrons. The van der Waals surface area contributed by atoms with Crippen molar-refractivity contribution in [2.24, 2.45) is 0 Å². The highest BCUT2D eigenvalue weighted by Crippen LogP contribution is 2.12. The molecule has 4 nitrogen and oxygen atoms in total. The minimum absolute atomic E-state index is 0.132. The van der Waals surface area contributed by atoms with Gasteiger partial charge in [-0.2, -0.15) is 0 Å². The van der Waals surface area contributed by atoms with Gasteiger partial charge in [-0.3, -0.25) is 4.57 Å². The summed E-state index contributed by atoms with van der Waals surface area (Å²) in [6, 6.07) is 7.29. The van der Waals surface area contributed by atoms with Gasteiger partial charge < -0.3 is 4.90 Å². The average Bonchev–Trinajstić information content (AvgIpc) is 2.94. The molecule has 0 aliphatic heterocycles. The van der Waals surface area contributed by atoms with Crippen molar-refractivity contribution in [1.82, 2.24) is 14.5 Å². The van der Waals surface area contributed by atoms with Crippen molar-refractivity contribution in [3.05, 3.63) is 66.2 Å². The van der Waals surface area contributed by atoms with Crippen LogP contribution in [0.15, 0.2) is 55.6 Å². The van der Waals surface area contributed by atoms with E-state index in [4.69, 9.17) is 11.6 Å². The summed E-state index contributed by atoms with van der Waals surface area (Å²) >= 11 is 5.84. The Morgan fingerprint density at radius 3 is 2.74 bits per heavy atom. The first-order valence-electron chi connectivity index (χ1n) is 5.83. The van der Waals surface area contributed by atoms with Crippen LogP contribution in [-0.2, 0) is 6.54 Å². The first kappa shape index (κ1) is 13.4. The second-order valence-electron chi connectivity index (χ2n) is 4.05. The van der Waals surface area contributed by atoms with Crippen molar-refractivity contribution in [2.45, 2.75) is 6.54 Å². The number of aromatic nitrogens is 2. The number of hydrogen-bond donors (Lipinski definition) is 0. The van der Waals surface area contributed by atoms with Gasteiger partial charge in [0.2, 0.25) is 0 Å². The van der Waals surface area contributed by atoms with E-state index in [1.54, 1.807) is 23.4 Å². The Bertz CT molecular complexity index is 549. The smallest absolute Gasteiger partial charge is 0.316 e. The lowest BCUT2D eigenvalue weighted by Gasteiger charge is -2.21. The van der Waals surface area contributed by atoms with E-state index in [-0.39, 0.29) is 6.03 Å². The molecule has 2 aromatic rings. The third-order valence-corrected chi connectivity index (χ3v) is 2.88. The van der Waals surface area contributed by atoms with Gasteiger partial charge in [-0.15, -0.1) is 6.58 Å². The molecule has 0 aliphatic rings. The lowest BCUT2D eigenvalue weighted by atomic mass is 10.2. The molecule has 0 saturated carbocycles. The molecule has 5 heteroatoms. The van der Waals surface area contributed by atoms with E-state index in [0.717, 1.165) is 5.56 Å². The number of nitrogens with zero attached hydrogens (tertiary/aromatic N) is 3. The van der Waals surface area contributed by atoms with Gasteiger partial charge in [0.25, 0.3) is 0 Å². The Kier molecular flexibility index (Phi) is 4.36. The molecule has 0 atom stereocenters. The summed E-state index contributed by atoms with van der Waals surface area (Å²) in [5.41, 5.74) is 1.01. The van der Waals surface area contributed by atoms with E-state index in [0.29, 0.717) is 18.1 Å². The molecule has 1 amide bonds. The third-order valence-electron chi connectivity index (χ3n) is 2.63. The quantitative estimate of drug-likeness (QED) is 0.804. The minimum Gasteiger partial charge on any atom is -0.316 e. The Labute approximate surface area is 116 Å². The monoisotopic (exact) mass is 275 g/mol. The molecule has 0 radical (unpaired) electrons. The van der Waals surface area contributed by atoms with Crippen LogP contribution in [0.2, 0.25) is 5.02 Å². The number of imidazole rings is 1. The summed E-state index contributed by atoms with van der Waals surface area (Å²) in [5, 5.41) is 0.681. The van der Waals surface area contributed by atoms with Gasteiger partial charge in [0, 0.05) is 30.5 Å². The van der Waals surface area contributed by atoms with E-state index in [2.05, 4.69) is 11.6 Å². The van der Waals surface area contributed by atoms with Crippen LogP contribution in [0.1, 0.15) is 5.56 Å². The van der Waals surface area contributed by atoms with E-state index < -0.39 is 0 Å². The summed E-state index contributed by atoms with van der Waals surface area (Å²) in [7, 11) is 0. The maximum absolute atomic E-state index is 12.2. The zero-order valence-corrected chi connectivity index (χ0v) is 11.1. The molecule has 1 aromatic heterocycles. The fourth-order valence-electron chi connectivity index (χ4n) is 1.71. The molecule has 0 bridgehead atoms. The van der Waals surface area contributed by atoms with Crippen molar-refractivity contribution in [3.8, 4) is 0 Å². The third kappa shape index (κ3) is 3.45. The topological polar surface area (TPSA) is 38.1 Å². The predicted octanol–water partition coefficient (Wildman–Crippen LogP) is 3.19. The molecule has 0 saturated heterocycles. The molecule has 1 heterocycles. The summed E-state index contributed by atoms with van der Waals surface area (Å²) in [6.45, 7) is 4.65. The molecular formula is C14H14ClN3O. The SMILES string of the molecule is C=CCN(Cc1ccc(Cl)cc1)C(=O)n1ccnc1. The van der Waals surface area contributed by atoms with E-state index in [1.807, 2.05) is 24.3 Å². The van der Waals surface area contributed by atoms with Crippen LogP contribution in [0.4, 0.5) is 4.79 Å². The number of carbonyl (C=O) groups excluding carboxylic acids is 1. The Balaban J connectivity index is 2.14. The number of hydrogen-bond acceptors (Lipinski definition) is 2. The lowest BCUT2D eigenvalue weighted by molar-refractivity contribution is 0.202. The first-order valence-corrected chi connectivity index (χ1v) is 6.21. The summed E-state index contributed by atoms with van der Waals surface area (Å²) in [6.07, 6.45) is 6.39. The van der Waals surface area contributed by atoms with Gasteiger partial charge in [0.05, 0.1) is 0 Å². The molecule has 2 rings (SSSR count). The van der Waals surface area contributed by atoms with Crippen LogP contribution in [0.5, 0.6) is 0 Å². The standard InChI is InChI=1S/C14H14ClN3O/c1-2-8-17(14(19)18-9-7-16-11-18)10-12-3-5-13(15)6-4-12/h2-7,9,11H,1,8,10H2. The predicted molar refractivity (Wildman–Crippen MR) is 75.1 cm³/mol. The number of carbonyl (C=O) groups is 1. The van der Waals surface area contributed by atoms with E-state index in [9.17, 15) is 4.79 Å². The molecule has 0 unspecified atom stereocenters. The van der Waals surface area contributed by atoms with Crippen molar-refractivity contribution in [1.29, 1.82) is 0 Å². The lowest BCUT2D eigenvalue weighted by Crippen LogP contribution is -2.33. The highest BCUT2D eigenvalue weighted by molar-refractivity contribution is 6.30. The maximum Gasteiger partial charge on any atom is 0.329 e. The molecule has 0 fully saturated rings. The normalized spacial score (nSPS) is 10.2. The Morgan fingerprint density at radius 1 is 1.42 bits per heavy atom. The van der Waals surface area contributed by atoms with Gasteiger partial charge >= 0.3 is 6.03 Å². The van der Waals surface area contributed by atoms with Gasteiger partial charge in [-0.1, -0.05) is 29.8 Å². The fourth-order valence-corrected chi connectivity index (χ4v) is 1.84. The van der Waals surface area contributed by atoms with Gasteiger partial charge in [-0.25, -0.2) is 9.78 Å². The van der Waals surface area contributed by atoms with E-state index >= 15 is 0 Å². The van der Waals surface area contributed by atoms with Crippen LogP contribution in [-0.4, -0.2) is 27.0 Å². The number of rotatable bonds is 4. The Hall–Kier alpha value is -2.07. The molecule has 0 N–H and O–H groups in total. The second-order valence-corrected chi connectivity index (χ2v) is 4.48. The number of halogens is 1. The maximum atomic E-state index is 12.2. The molecular weight excluding hydrogens is 262 g/mol. The van der Waals surface area contributed by atoms with E-state index in [1.165, 1.54) is 10.9 Å².